The third-order valence-electron chi connectivity index (χ3n) is 4.04. The van der Waals surface area contributed by atoms with E-state index in [2.05, 4.69) is 16.9 Å². The van der Waals surface area contributed by atoms with Crippen LogP contribution in [0.15, 0.2) is 42.9 Å². The minimum absolute atomic E-state index is 0.116. The Labute approximate surface area is 173 Å². The van der Waals surface area contributed by atoms with Gasteiger partial charge in [-0.05, 0) is 25.0 Å². The van der Waals surface area contributed by atoms with E-state index in [1.54, 1.807) is 19.3 Å². The SMILES string of the molecule is C=C1C=C(Nc2c(Cl)cncc2Cl)c2ccc(OC)c(OCCCCO)c2O1. The van der Waals surface area contributed by atoms with E-state index in [9.17, 15) is 0 Å². The highest BCUT2D eigenvalue weighted by molar-refractivity contribution is 6.39. The Morgan fingerprint density at radius 3 is 2.64 bits per heavy atom. The number of rotatable bonds is 8. The summed E-state index contributed by atoms with van der Waals surface area (Å²) in [5.74, 6) is 1.92. The molecule has 0 aliphatic carbocycles. The minimum atomic E-state index is 0.116. The number of fused-ring (bicyclic) bond motifs is 1. The number of hydrogen-bond acceptors (Lipinski definition) is 6. The van der Waals surface area contributed by atoms with Crippen LogP contribution in [0.1, 0.15) is 18.4 Å². The molecular weight excluding hydrogens is 403 g/mol. The zero-order chi connectivity index (χ0) is 20.1. The number of ether oxygens (including phenoxy) is 3. The van der Waals surface area contributed by atoms with E-state index in [4.69, 9.17) is 42.5 Å². The van der Waals surface area contributed by atoms with Crippen LogP contribution >= 0.6 is 23.2 Å². The fourth-order valence-corrected chi connectivity index (χ4v) is 3.17. The maximum absolute atomic E-state index is 8.95. The molecule has 0 bridgehead atoms. The summed E-state index contributed by atoms with van der Waals surface area (Å²) in [4.78, 5) is 3.96. The van der Waals surface area contributed by atoms with Crippen molar-refractivity contribution in [2.75, 3.05) is 25.6 Å². The fourth-order valence-electron chi connectivity index (χ4n) is 2.71. The van der Waals surface area contributed by atoms with Gasteiger partial charge in [0.1, 0.15) is 5.76 Å². The van der Waals surface area contributed by atoms with Gasteiger partial charge in [0.05, 0.1) is 35.1 Å². The molecule has 0 saturated heterocycles. The third-order valence-corrected chi connectivity index (χ3v) is 4.61. The van der Waals surface area contributed by atoms with Gasteiger partial charge in [-0.2, -0.15) is 0 Å². The van der Waals surface area contributed by atoms with Crippen molar-refractivity contribution in [3.05, 3.63) is 58.5 Å². The number of aliphatic hydroxyl groups is 1. The molecule has 148 valence electrons. The van der Waals surface area contributed by atoms with Crippen LogP contribution in [0.2, 0.25) is 10.0 Å². The Bertz CT molecular complexity index is 895. The molecule has 1 aliphatic heterocycles. The minimum Gasteiger partial charge on any atom is -0.493 e. The number of unbranched alkanes of at least 4 members (excludes halogenated alkanes) is 1. The van der Waals surface area contributed by atoms with Crippen molar-refractivity contribution in [2.24, 2.45) is 0 Å². The topological polar surface area (TPSA) is 72.8 Å². The van der Waals surface area contributed by atoms with E-state index in [-0.39, 0.29) is 6.61 Å². The summed E-state index contributed by atoms with van der Waals surface area (Å²) in [6.07, 6.45) is 6.12. The van der Waals surface area contributed by atoms with Gasteiger partial charge in [0.2, 0.25) is 5.75 Å². The number of nitrogens with one attached hydrogen (secondary N) is 1. The van der Waals surface area contributed by atoms with Crippen LogP contribution in [-0.2, 0) is 0 Å². The monoisotopic (exact) mass is 422 g/mol. The van der Waals surface area contributed by atoms with Crippen LogP contribution in [0.25, 0.3) is 5.70 Å². The number of hydrogen-bond donors (Lipinski definition) is 2. The number of anilines is 1. The lowest BCUT2D eigenvalue weighted by molar-refractivity contribution is 0.241. The van der Waals surface area contributed by atoms with Crippen LogP contribution in [0.4, 0.5) is 5.69 Å². The first-order valence-corrected chi connectivity index (χ1v) is 9.40. The van der Waals surface area contributed by atoms with E-state index in [0.29, 0.717) is 63.9 Å². The Morgan fingerprint density at radius 2 is 1.96 bits per heavy atom. The third kappa shape index (κ3) is 4.35. The first kappa shape index (κ1) is 20.3. The standard InChI is InChI=1S/C20H20Cl2N2O4/c1-12-9-16(24-18-14(21)10-23-11-15(18)22)13-5-6-17(26-2)20(19(13)28-12)27-8-4-3-7-25/h5-6,9-11,25H,1,3-4,7-8H2,2H3,(H,23,24). The Balaban J connectivity index is 1.97. The largest absolute Gasteiger partial charge is 0.493 e. The van der Waals surface area contributed by atoms with Crippen molar-refractivity contribution >= 4 is 34.6 Å². The lowest BCUT2D eigenvalue weighted by Crippen LogP contribution is -2.11. The molecule has 6 nitrogen and oxygen atoms in total. The number of halogens is 2. The van der Waals surface area contributed by atoms with E-state index in [0.717, 1.165) is 5.56 Å². The molecule has 2 N–H and O–H groups in total. The molecule has 0 amide bonds. The van der Waals surface area contributed by atoms with Crippen LogP contribution in [0, 0.1) is 0 Å². The van der Waals surface area contributed by atoms with Crippen molar-refractivity contribution in [3.8, 4) is 17.2 Å². The summed E-state index contributed by atoms with van der Waals surface area (Å²) >= 11 is 12.5. The number of nitrogens with zero attached hydrogens (tertiary/aromatic N) is 1. The lowest BCUT2D eigenvalue weighted by atomic mass is 10.1. The van der Waals surface area contributed by atoms with Gasteiger partial charge in [0.15, 0.2) is 11.5 Å². The second kappa shape index (κ2) is 9.19. The van der Waals surface area contributed by atoms with Gasteiger partial charge in [-0.25, -0.2) is 0 Å². The zero-order valence-electron chi connectivity index (χ0n) is 15.3. The Morgan fingerprint density at radius 1 is 1.21 bits per heavy atom. The molecule has 0 saturated carbocycles. The van der Waals surface area contributed by atoms with E-state index < -0.39 is 0 Å². The van der Waals surface area contributed by atoms with Crippen molar-refractivity contribution < 1.29 is 19.3 Å². The summed E-state index contributed by atoms with van der Waals surface area (Å²) in [6.45, 7) is 4.44. The quantitative estimate of drug-likeness (QED) is 0.588. The molecule has 28 heavy (non-hydrogen) atoms. The maximum atomic E-state index is 8.95. The molecule has 1 aliphatic rings. The van der Waals surface area contributed by atoms with E-state index >= 15 is 0 Å². The number of allylic oxidation sites excluding steroid dienone is 1. The van der Waals surface area contributed by atoms with Gasteiger partial charge in [0.25, 0.3) is 0 Å². The molecule has 2 aromatic rings. The molecule has 0 unspecified atom stereocenters. The highest BCUT2D eigenvalue weighted by Crippen LogP contribution is 2.46. The molecular formula is C20H20Cl2N2O4. The summed E-state index contributed by atoms with van der Waals surface area (Å²) in [7, 11) is 1.56. The summed E-state index contributed by atoms with van der Waals surface area (Å²) < 4.78 is 17.2. The van der Waals surface area contributed by atoms with Gasteiger partial charge in [0, 0.05) is 30.6 Å². The molecule has 0 spiro atoms. The van der Waals surface area contributed by atoms with Crippen molar-refractivity contribution in [2.45, 2.75) is 12.8 Å². The molecule has 0 radical (unpaired) electrons. The fraction of sp³-hybridized carbons (Fsp3) is 0.250. The second-order valence-electron chi connectivity index (χ2n) is 5.98. The van der Waals surface area contributed by atoms with Gasteiger partial charge in [-0.15, -0.1) is 0 Å². The van der Waals surface area contributed by atoms with Crippen LogP contribution < -0.4 is 19.5 Å². The molecule has 2 heterocycles. The number of pyridine rings is 1. The average Bonchev–Trinajstić information content (AvgIpc) is 2.68. The number of methoxy groups -OCH3 is 1. The van der Waals surface area contributed by atoms with Gasteiger partial charge >= 0.3 is 0 Å². The smallest absolute Gasteiger partial charge is 0.204 e. The highest BCUT2D eigenvalue weighted by atomic mass is 35.5. The number of aromatic nitrogens is 1. The van der Waals surface area contributed by atoms with Crippen LogP contribution in [-0.4, -0.2) is 30.4 Å². The van der Waals surface area contributed by atoms with Crippen LogP contribution in [0.5, 0.6) is 17.2 Å². The molecule has 8 heteroatoms. The normalized spacial score (nSPS) is 12.7. The zero-order valence-corrected chi connectivity index (χ0v) is 16.8. The lowest BCUT2D eigenvalue weighted by Gasteiger charge is -2.25. The highest BCUT2D eigenvalue weighted by Gasteiger charge is 2.25. The van der Waals surface area contributed by atoms with Crippen molar-refractivity contribution in [1.29, 1.82) is 0 Å². The summed E-state index contributed by atoms with van der Waals surface area (Å²) in [5.41, 5.74) is 1.98. The summed E-state index contributed by atoms with van der Waals surface area (Å²) in [5, 5.41) is 13.0. The number of aliphatic hydroxyl groups excluding tert-OH is 1. The Hall–Kier alpha value is -2.41. The average molecular weight is 423 g/mol. The van der Waals surface area contributed by atoms with Crippen molar-refractivity contribution in [1.82, 2.24) is 4.98 Å². The van der Waals surface area contributed by atoms with Crippen LogP contribution in [0.3, 0.4) is 0 Å². The van der Waals surface area contributed by atoms with E-state index in [1.807, 2.05) is 6.07 Å². The van der Waals surface area contributed by atoms with E-state index in [1.165, 1.54) is 12.4 Å². The maximum Gasteiger partial charge on any atom is 0.204 e. The van der Waals surface area contributed by atoms with Crippen molar-refractivity contribution in [3.63, 3.8) is 0 Å². The van der Waals surface area contributed by atoms with Gasteiger partial charge in [-0.1, -0.05) is 29.8 Å². The first-order chi connectivity index (χ1) is 13.5. The summed E-state index contributed by atoms with van der Waals surface area (Å²) in [6, 6.07) is 3.64. The molecule has 1 aromatic heterocycles. The predicted octanol–water partition coefficient (Wildman–Crippen LogP) is 4.91. The van der Waals surface area contributed by atoms with Gasteiger partial charge < -0.3 is 24.6 Å². The molecule has 1 aromatic carbocycles. The predicted molar refractivity (Wildman–Crippen MR) is 110 cm³/mol. The number of benzene rings is 1. The second-order valence-corrected chi connectivity index (χ2v) is 6.80. The van der Waals surface area contributed by atoms with Gasteiger partial charge in [-0.3, -0.25) is 4.98 Å². The molecule has 0 fully saturated rings. The first-order valence-electron chi connectivity index (χ1n) is 8.64. The molecule has 3 rings (SSSR count). The Kier molecular flexibility index (Phi) is 6.67. The molecule has 0 atom stereocenters.